The number of aromatic nitrogens is 1. The molecule has 0 aliphatic carbocycles. The van der Waals surface area contributed by atoms with Gasteiger partial charge in [0, 0.05) is 6.04 Å². The Bertz CT molecular complexity index is 714. The van der Waals surface area contributed by atoms with E-state index < -0.39 is 14.2 Å². The lowest BCUT2D eigenvalue weighted by molar-refractivity contribution is -0.0247. The van der Waals surface area contributed by atoms with Crippen molar-refractivity contribution in [3.8, 4) is 0 Å². The average Bonchev–Trinajstić information content (AvgIpc) is 2.60. The number of rotatable bonds is 7. The number of primary amides is 1. The second kappa shape index (κ2) is 9.33. The van der Waals surface area contributed by atoms with Crippen LogP contribution in [0.15, 0.2) is 12.1 Å². The zero-order valence-electron chi connectivity index (χ0n) is 18.8. The molecule has 29 heavy (non-hydrogen) atoms. The number of carbonyl (C=O) groups is 1. The van der Waals surface area contributed by atoms with Gasteiger partial charge in [-0.3, -0.25) is 4.79 Å². The van der Waals surface area contributed by atoms with E-state index >= 15 is 0 Å². The number of hydrogen-bond acceptors (Lipinski definition) is 5. The molecule has 0 saturated carbocycles. The molecule has 0 radical (unpaired) electrons. The fourth-order valence-electron chi connectivity index (χ4n) is 3.31. The van der Waals surface area contributed by atoms with Crippen molar-refractivity contribution in [2.24, 2.45) is 5.73 Å². The standard InChI is InChI=1S/C21H36ClN3O3Si/c1-14(2)25(20-17(19(23)26)10-11-18(22)24-20)15-8-9-16(27-12-15)13-28-29(6,7)21(3,4)5/h10-11,14-16H,8-9,12-13H2,1-7H3,(H2,23,26)/t15-,16+/m1/s1. The van der Waals surface area contributed by atoms with E-state index in [0.29, 0.717) is 29.7 Å². The maximum Gasteiger partial charge on any atom is 0.252 e. The normalized spacial score (nSPS) is 20.7. The number of nitrogens with two attached hydrogens (primary N) is 1. The highest BCUT2D eigenvalue weighted by Gasteiger charge is 2.38. The maximum atomic E-state index is 11.9. The Hall–Kier alpha value is -1.15. The first-order chi connectivity index (χ1) is 13.3. The summed E-state index contributed by atoms with van der Waals surface area (Å²) in [6, 6.07) is 3.45. The molecule has 6 nitrogen and oxygen atoms in total. The molecule has 1 aromatic rings. The Morgan fingerprint density at radius 1 is 1.38 bits per heavy atom. The molecule has 164 valence electrons. The highest BCUT2D eigenvalue weighted by Crippen LogP contribution is 2.37. The van der Waals surface area contributed by atoms with Crippen molar-refractivity contribution in [3.05, 3.63) is 22.8 Å². The number of carbonyl (C=O) groups excluding carboxylic acids is 1. The molecule has 1 amide bonds. The van der Waals surface area contributed by atoms with E-state index in [1.54, 1.807) is 12.1 Å². The molecule has 2 heterocycles. The third kappa shape index (κ3) is 5.93. The number of pyridine rings is 1. The zero-order valence-corrected chi connectivity index (χ0v) is 20.5. The summed E-state index contributed by atoms with van der Waals surface area (Å²) >= 11 is 6.12. The lowest BCUT2D eigenvalue weighted by Gasteiger charge is -2.42. The average molecular weight is 442 g/mol. The van der Waals surface area contributed by atoms with E-state index in [0.717, 1.165) is 12.8 Å². The summed E-state index contributed by atoms with van der Waals surface area (Å²) in [4.78, 5) is 18.5. The van der Waals surface area contributed by atoms with Crippen molar-refractivity contribution in [1.82, 2.24) is 4.98 Å². The first-order valence-electron chi connectivity index (χ1n) is 10.3. The zero-order chi connectivity index (χ0) is 22.0. The molecule has 0 unspecified atom stereocenters. The highest BCUT2D eigenvalue weighted by molar-refractivity contribution is 6.74. The van der Waals surface area contributed by atoms with Gasteiger partial charge in [0.15, 0.2) is 8.32 Å². The van der Waals surface area contributed by atoms with Gasteiger partial charge in [-0.05, 0) is 57.0 Å². The van der Waals surface area contributed by atoms with Crippen LogP contribution in [0.1, 0.15) is 57.8 Å². The van der Waals surface area contributed by atoms with Crippen molar-refractivity contribution >= 4 is 31.6 Å². The summed E-state index contributed by atoms with van der Waals surface area (Å²) in [5.41, 5.74) is 5.96. The van der Waals surface area contributed by atoms with Crippen LogP contribution < -0.4 is 10.6 Å². The highest BCUT2D eigenvalue weighted by atomic mass is 35.5. The van der Waals surface area contributed by atoms with Crippen LogP contribution in [0.25, 0.3) is 0 Å². The number of halogens is 1. The molecule has 2 N–H and O–H groups in total. The Labute approximate surface area is 181 Å². The molecule has 8 heteroatoms. The molecule has 1 aromatic heterocycles. The van der Waals surface area contributed by atoms with E-state index in [4.69, 9.17) is 26.5 Å². The number of anilines is 1. The van der Waals surface area contributed by atoms with Gasteiger partial charge in [-0.15, -0.1) is 0 Å². The summed E-state index contributed by atoms with van der Waals surface area (Å²) in [7, 11) is -1.79. The lowest BCUT2D eigenvalue weighted by Crippen LogP contribution is -2.49. The minimum Gasteiger partial charge on any atom is -0.414 e. The van der Waals surface area contributed by atoms with Crippen molar-refractivity contribution in [2.75, 3.05) is 18.1 Å². The Kier molecular flexibility index (Phi) is 7.76. The van der Waals surface area contributed by atoms with Gasteiger partial charge in [0.1, 0.15) is 11.0 Å². The monoisotopic (exact) mass is 441 g/mol. The molecule has 1 saturated heterocycles. The lowest BCUT2D eigenvalue weighted by atomic mass is 10.0. The topological polar surface area (TPSA) is 77.7 Å². The van der Waals surface area contributed by atoms with Gasteiger partial charge in [0.05, 0.1) is 30.9 Å². The first kappa shape index (κ1) is 24.1. The van der Waals surface area contributed by atoms with Gasteiger partial charge in [-0.2, -0.15) is 0 Å². The summed E-state index contributed by atoms with van der Waals surface area (Å²) < 4.78 is 12.5. The van der Waals surface area contributed by atoms with Crippen LogP contribution in [-0.2, 0) is 9.16 Å². The van der Waals surface area contributed by atoms with Crippen LogP contribution in [0.3, 0.4) is 0 Å². The summed E-state index contributed by atoms with van der Waals surface area (Å²) in [6.07, 6.45) is 1.92. The molecular weight excluding hydrogens is 406 g/mol. The second-order valence-electron chi connectivity index (χ2n) is 9.63. The number of hydrogen-bond donors (Lipinski definition) is 1. The van der Waals surface area contributed by atoms with Crippen molar-refractivity contribution in [3.63, 3.8) is 0 Å². The van der Waals surface area contributed by atoms with Crippen molar-refractivity contribution in [2.45, 2.75) is 83.8 Å². The molecular formula is C21H36ClN3O3Si. The van der Waals surface area contributed by atoms with E-state index in [-0.39, 0.29) is 23.2 Å². The van der Waals surface area contributed by atoms with Crippen LogP contribution >= 0.6 is 11.6 Å². The fraction of sp³-hybridized carbons (Fsp3) is 0.714. The molecule has 0 spiro atoms. The Balaban J connectivity index is 2.08. The van der Waals surface area contributed by atoms with Crippen LogP contribution in [0, 0.1) is 0 Å². The van der Waals surface area contributed by atoms with E-state index in [9.17, 15) is 4.79 Å². The van der Waals surface area contributed by atoms with Crippen molar-refractivity contribution < 1.29 is 14.0 Å². The van der Waals surface area contributed by atoms with Crippen LogP contribution in [0.4, 0.5) is 5.82 Å². The third-order valence-corrected chi connectivity index (χ3v) is 10.8. The van der Waals surface area contributed by atoms with Crippen LogP contribution in [-0.4, -0.2) is 50.6 Å². The van der Waals surface area contributed by atoms with E-state index in [1.807, 2.05) is 0 Å². The van der Waals surface area contributed by atoms with Gasteiger partial charge in [-0.25, -0.2) is 4.98 Å². The molecule has 2 atom stereocenters. The Morgan fingerprint density at radius 2 is 2.03 bits per heavy atom. The second-order valence-corrected chi connectivity index (χ2v) is 14.8. The van der Waals surface area contributed by atoms with E-state index in [1.165, 1.54) is 0 Å². The summed E-state index contributed by atoms with van der Waals surface area (Å²) in [5, 5.41) is 0.523. The Morgan fingerprint density at radius 3 is 2.52 bits per heavy atom. The molecule has 1 aliphatic heterocycles. The third-order valence-electron chi connectivity index (χ3n) is 6.08. The summed E-state index contributed by atoms with van der Waals surface area (Å²) in [5.74, 6) is 0.0248. The summed E-state index contributed by atoms with van der Waals surface area (Å²) in [6.45, 7) is 16.6. The fourth-order valence-corrected chi connectivity index (χ4v) is 4.49. The number of ether oxygens (including phenoxy) is 1. The quantitative estimate of drug-likeness (QED) is 0.493. The minimum absolute atomic E-state index is 0.0947. The van der Waals surface area contributed by atoms with Gasteiger partial charge in [0.2, 0.25) is 0 Å². The van der Waals surface area contributed by atoms with Gasteiger partial charge >= 0.3 is 0 Å². The van der Waals surface area contributed by atoms with E-state index in [2.05, 4.69) is 57.6 Å². The molecule has 1 fully saturated rings. The first-order valence-corrected chi connectivity index (χ1v) is 13.6. The largest absolute Gasteiger partial charge is 0.414 e. The van der Waals surface area contributed by atoms with Crippen LogP contribution in [0.5, 0.6) is 0 Å². The molecule has 2 rings (SSSR count). The molecule has 0 bridgehead atoms. The van der Waals surface area contributed by atoms with Crippen LogP contribution in [0.2, 0.25) is 23.3 Å². The molecule has 0 aromatic carbocycles. The number of amides is 1. The van der Waals surface area contributed by atoms with Gasteiger partial charge in [0.25, 0.3) is 5.91 Å². The smallest absolute Gasteiger partial charge is 0.252 e. The SMILES string of the molecule is CC(C)N(c1nc(Cl)ccc1C(N)=O)[C@@H]1CC[C@@H](CO[Si](C)(C)C(C)(C)C)OC1. The van der Waals surface area contributed by atoms with Gasteiger partial charge < -0.3 is 19.8 Å². The van der Waals surface area contributed by atoms with Gasteiger partial charge in [-0.1, -0.05) is 32.4 Å². The maximum absolute atomic E-state index is 11.9. The predicted octanol–water partition coefficient (Wildman–Crippen LogP) is 4.62. The molecule has 1 aliphatic rings. The predicted molar refractivity (Wildman–Crippen MR) is 121 cm³/mol. The number of nitrogens with zero attached hydrogens (tertiary/aromatic N) is 2. The minimum atomic E-state index is -1.79. The van der Waals surface area contributed by atoms with Crippen molar-refractivity contribution in [1.29, 1.82) is 0 Å².